The molecular weight excluding hydrogens is 280 g/mol. The van der Waals surface area contributed by atoms with E-state index in [1.165, 1.54) is 32.8 Å². The molecule has 0 unspecified atom stereocenters. The summed E-state index contributed by atoms with van der Waals surface area (Å²) < 4.78 is 10.2. The molecule has 1 aromatic carbocycles. The van der Waals surface area contributed by atoms with E-state index in [-0.39, 0.29) is 5.97 Å². The lowest BCUT2D eigenvalue weighted by atomic mass is 9.60. The summed E-state index contributed by atoms with van der Waals surface area (Å²) >= 11 is 0. The number of nitrogens with one attached hydrogen (secondary N) is 2. The van der Waals surface area contributed by atoms with Crippen LogP contribution in [-0.4, -0.2) is 39.3 Å². The van der Waals surface area contributed by atoms with Crippen molar-refractivity contribution in [1.29, 1.82) is 0 Å². The van der Waals surface area contributed by atoms with Crippen LogP contribution in [0.1, 0.15) is 36.0 Å². The summed E-state index contributed by atoms with van der Waals surface area (Å²) in [7, 11) is 3.00. The molecule has 0 bridgehead atoms. The van der Waals surface area contributed by atoms with Gasteiger partial charge in [-0.1, -0.05) is 0 Å². The first-order valence-electron chi connectivity index (χ1n) is 7.89. The molecule has 1 saturated heterocycles. The molecule has 1 saturated carbocycles. The van der Waals surface area contributed by atoms with Gasteiger partial charge in [0.15, 0.2) is 0 Å². The molecule has 2 fully saturated rings. The molecule has 3 rings (SSSR count). The molecule has 1 aliphatic carbocycles. The zero-order valence-corrected chi connectivity index (χ0v) is 13.3. The zero-order chi connectivity index (χ0) is 15.6. The Morgan fingerprint density at radius 2 is 2.00 bits per heavy atom. The van der Waals surface area contributed by atoms with Crippen LogP contribution in [0.5, 0.6) is 5.75 Å². The molecule has 1 heterocycles. The highest BCUT2D eigenvalue weighted by molar-refractivity contribution is 5.90. The molecule has 0 amide bonds. The van der Waals surface area contributed by atoms with Gasteiger partial charge in [0.05, 0.1) is 25.5 Å². The zero-order valence-electron chi connectivity index (χ0n) is 13.3. The van der Waals surface area contributed by atoms with Crippen LogP contribution >= 0.6 is 0 Å². The van der Waals surface area contributed by atoms with E-state index >= 15 is 0 Å². The first-order valence-corrected chi connectivity index (χ1v) is 7.89. The fourth-order valence-electron chi connectivity index (χ4n) is 3.73. The van der Waals surface area contributed by atoms with Gasteiger partial charge in [0.2, 0.25) is 0 Å². The first-order chi connectivity index (χ1) is 10.7. The van der Waals surface area contributed by atoms with E-state index in [1.807, 2.05) is 6.07 Å². The van der Waals surface area contributed by atoms with E-state index in [4.69, 9.17) is 9.47 Å². The number of carbonyl (C=O) groups is 1. The second kappa shape index (κ2) is 6.16. The van der Waals surface area contributed by atoms with Crippen molar-refractivity contribution in [3.63, 3.8) is 0 Å². The van der Waals surface area contributed by atoms with Crippen LogP contribution in [0.2, 0.25) is 0 Å². The van der Waals surface area contributed by atoms with Crippen molar-refractivity contribution in [2.75, 3.05) is 32.6 Å². The normalized spacial score (nSPS) is 20.3. The molecule has 120 valence electrons. The van der Waals surface area contributed by atoms with Crippen LogP contribution < -0.4 is 15.4 Å². The van der Waals surface area contributed by atoms with E-state index in [0.29, 0.717) is 22.8 Å². The minimum absolute atomic E-state index is 0.345. The maximum atomic E-state index is 11.6. The summed E-state index contributed by atoms with van der Waals surface area (Å²) in [4.78, 5) is 11.6. The lowest BCUT2D eigenvalue weighted by Gasteiger charge is -2.51. The predicted molar refractivity (Wildman–Crippen MR) is 85.5 cm³/mol. The maximum absolute atomic E-state index is 11.6. The predicted octanol–water partition coefficient (Wildman–Crippen LogP) is 2.43. The first kappa shape index (κ1) is 15.2. The molecule has 1 spiro atoms. The molecule has 2 aliphatic rings. The van der Waals surface area contributed by atoms with E-state index in [0.717, 1.165) is 18.8 Å². The van der Waals surface area contributed by atoms with Crippen molar-refractivity contribution < 1.29 is 14.3 Å². The van der Waals surface area contributed by atoms with Crippen molar-refractivity contribution in [2.45, 2.75) is 31.7 Å². The van der Waals surface area contributed by atoms with Crippen molar-refractivity contribution in [3.05, 3.63) is 23.8 Å². The summed E-state index contributed by atoms with van der Waals surface area (Å²) in [6.45, 7) is 2.29. The molecule has 1 aromatic rings. The molecule has 1 aliphatic heterocycles. The van der Waals surface area contributed by atoms with Crippen molar-refractivity contribution >= 4 is 11.7 Å². The summed E-state index contributed by atoms with van der Waals surface area (Å²) in [6.07, 6.45) is 5.00. The molecular formula is C17H24N2O3. The van der Waals surface area contributed by atoms with Gasteiger partial charge in [-0.25, -0.2) is 4.79 Å². The summed E-state index contributed by atoms with van der Waals surface area (Å²) in [5.74, 6) is 0.344. The minimum Gasteiger partial charge on any atom is -0.495 e. The number of anilines is 1. The largest absolute Gasteiger partial charge is 0.495 e. The second-order valence-corrected chi connectivity index (χ2v) is 6.41. The van der Waals surface area contributed by atoms with Crippen molar-refractivity contribution in [3.8, 4) is 5.75 Å². The van der Waals surface area contributed by atoms with Crippen LogP contribution in [0.15, 0.2) is 18.2 Å². The van der Waals surface area contributed by atoms with Gasteiger partial charge in [-0.15, -0.1) is 0 Å². The van der Waals surface area contributed by atoms with Crippen molar-refractivity contribution in [1.82, 2.24) is 5.32 Å². The van der Waals surface area contributed by atoms with E-state index in [9.17, 15) is 4.79 Å². The maximum Gasteiger partial charge on any atom is 0.337 e. The third-order valence-electron chi connectivity index (χ3n) is 5.01. The van der Waals surface area contributed by atoms with Gasteiger partial charge in [-0.05, 0) is 62.4 Å². The van der Waals surface area contributed by atoms with E-state index in [1.54, 1.807) is 19.2 Å². The number of methoxy groups -OCH3 is 2. The highest BCUT2D eigenvalue weighted by Crippen LogP contribution is 2.49. The Kier molecular flexibility index (Phi) is 4.25. The van der Waals surface area contributed by atoms with Crippen LogP contribution in [0, 0.1) is 5.41 Å². The number of rotatable bonds is 4. The topological polar surface area (TPSA) is 59.6 Å². The minimum atomic E-state index is -0.345. The Hall–Kier alpha value is -1.75. The number of hydrogen-bond acceptors (Lipinski definition) is 5. The van der Waals surface area contributed by atoms with Crippen LogP contribution in [0.3, 0.4) is 0 Å². The number of hydrogen-bond donors (Lipinski definition) is 2. The Balaban J connectivity index is 1.64. The van der Waals surface area contributed by atoms with Gasteiger partial charge in [0.25, 0.3) is 0 Å². The molecule has 22 heavy (non-hydrogen) atoms. The average molecular weight is 304 g/mol. The van der Waals surface area contributed by atoms with Gasteiger partial charge in [-0.3, -0.25) is 0 Å². The third kappa shape index (κ3) is 2.90. The standard InChI is InChI=1S/C17H24N2O3/c1-21-15-9-12(16(20)22-2)3-4-14(15)19-13-10-17(11-13)5-7-18-8-6-17/h3-4,9,13,18-19H,5-8,10-11H2,1-2H3. The number of benzene rings is 1. The monoisotopic (exact) mass is 304 g/mol. The van der Waals surface area contributed by atoms with Gasteiger partial charge in [-0.2, -0.15) is 0 Å². The molecule has 0 atom stereocenters. The lowest BCUT2D eigenvalue weighted by molar-refractivity contribution is 0.0600. The highest BCUT2D eigenvalue weighted by Gasteiger charge is 2.44. The van der Waals surface area contributed by atoms with Gasteiger partial charge in [0.1, 0.15) is 5.75 Å². The summed E-state index contributed by atoms with van der Waals surface area (Å²) in [6, 6.07) is 5.90. The smallest absolute Gasteiger partial charge is 0.337 e. The molecule has 2 N–H and O–H groups in total. The van der Waals surface area contributed by atoms with Crippen LogP contribution in [0.4, 0.5) is 5.69 Å². The molecule has 0 aromatic heterocycles. The van der Waals surface area contributed by atoms with E-state index < -0.39 is 0 Å². The Morgan fingerprint density at radius 1 is 1.27 bits per heavy atom. The number of piperidine rings is 1. The molecule has 0 radical (unpaired) electrons. The lowest BCUT2D eigenvalue weighted by Crippen LogP contribution is -2.50. The molecule has 5 heteroatoms. The van der Waals surface area contributed by atoms with Crippen LogP contribution in [0.25, 0.3) is 0 Å². The second-order valence-electron chi connectivity index (χ2n) is 6.41. The number of carbonyl (C=O) groups excluding carboxylic acids is 1. The summed E-state index contributed by atoms with van der Waals surface area (Å²) in [5, 5.41) is 6.99. The van der Waals surface area contributed by atoms with E-state index in [2.05, 4.69) is 10.6 Å². The highest BCUT2D eigenvalue weighted by atomic mass is 16.5. The fourth-order valence-corrected chi connectivity index (χ4v) is 3.73. The number of ether oxygens (including phenoxy) is 2. The van der Waals surface area contributed by atoms with Gasteiger partial charge in [0, 0.05) is 6.04 Å². The third-order valence-corrected chi connectivity index (χ3v) is 5.01. The summed E-state index contributed by atoms with van der Waals surface area (Å²) in [5.41, 5.74) is 2.00. The Bertz CT molecular complexity index is 545. The van der Waals surface area contributed by atoms with Crippen LogP contribution in [-0.2, 0) is 4.74 Å². The molecule has 5 nitrogen and oxygen atoms in total. The Labute approximate surface area is 131 Å². The number of esters is 1. The quantitative estimate of drug-likeness (QED) is 0.837. The van der Waals surface area contributed by atoms with Crippen molar-refractivity contribution in [2.24, 2.45) is 5.41 Å². The SMILES string of the molecule is COC(=O)c1ccc(NC2CC3(CCNCC3)C2)c(OC)c1. The fraction of sp³-hybridized carbons (Fsp3) is 0.588. The average Bonchev–Trinajstić information content (AvgIpc) is 2.54. The van der Waals surface area contributed by atoms with Gasteiger partial charge >= 0.3 is 5.97 Å². The van der Waals surface area contributed by atoms with Gasteiger partial charge < -0.3 is 20.1 Å². The Morgan fingerprint density at radius 3 is 2.64 bits per heavy atom.